The fraction of sp³-hybridized carbons (Fsp3) is 0.280. The molecular formula is C25H24N4O3. The van der Waals surface area contributed by atoms with Gasteiger partial charge in [0.15, 0.2) is 0 Å². The summed E-state index contributed by atoms with van der Waals surface area (Å²) in [6.45, 7) is 5.06. The Bertz CT molecular complexity index is 1280. The first-order chi connectivity index (χ1) is 15.5. The van der Waals surface area contributed by atoms with Crippen molar-refractivity contribution in [3.8, 4) is 11.3 Å². The fourth-order valence-corrected chi connectivity index (χ4v) is 4.57. The summed E-state index contributed by atoms with van der Waals surface area (Å²) < 4.78 is 6.37. The molecule has 0 amide bonds. The molecule has 5 rings (SSSR count). The van der Waals surface area contributed by atoms with Gasteiger partial charge in [-0.2, -0.15) is 0 Å². The molecule has 32 heavy (non-hydrogen) atoms. The number of hydrogen-bond acceptors (Lipinski definition) is 6. The zero-order valence-electron chi connectivity index (χ0n) is 18.1. The number of aromatic nitrogens is 2. The number of non-ortho nitro benzene ring substituents is 1. The molecule has 1 fully saturated rings. The summed E-state index contributed by atoms with van der Waals surface area (Å²) in [5.74, 6) is 1.79. The SMILES string of the molecule is CC(C)c1oc(C2CCCN2c2ccc([N+](=O)[O-])c3cnccc23)nc1-c1ccccc1. The summed E-state index contributed by atoms with van der Waals surface area (Å²) in [5, 5.41) is 12.9. The largest absolute Gasteiger partial charge is 0.442 e. The summed E-state index contributed by atoms with van der Waals surface area (Å²) >= 11 is 0. The van der Waals surface area contributed by atoms with Gasteiger partial charge >= 0.3 is 0 Å². The summed E-state index contributed by atoms with van der Waals surface area (Å²) in [6, 6.07) is 15.3. The van der Waals surface area contributed by atoms with Gasteiger partial charge in [-0.25, -0.2) is 4.98 Å². The van der Waals surface area contributed by atoms with Crippen LogP contribution in [-0.4, -0.2) is 21.4 Å². The van der Waals surface area contributed by atoms with Gasteiger partial charge < -0.3 is 9.32 Å². The molecule has 3 heterocycles. The average Bonchev–Trinajstić information content (AvgIpc) is 3.46. The van der Waals surface area contributed by atoms with Crippen molar-refractivity contribution in [3.63, 3.8) is 0 Å². The predicted molar refractivity (Wildman–Crippen MR) is 124 cm³/mol. The maximum Gasteiger partial charge on any atom is 0.278 e. The Morgan fingerprint density at radius 3 is 2.69 bits per heavy atom. The van der Waals surface area contributed by atoms with Crippen molar-refractivity contribution < 1.29 is 9.34 Å². The Balaban J connectivity index is 1.60. The molecule has 1 atom stereocenters. The molecule has 1 aliphatic heterocycles. The molecular weight excluding hydrogens is 404 g/mol. The van der Waals surface area contributed by atoms with E-state index in [4.69, 9.17) is 9.40 Å². The molecule has 0 bridgehead atoms. The second-order valence-electron chi connectivity index (χ2n) is 8.42. The van der Waals surface area contributed by atoms with Gasteiger partial charge in [-0.1, -0.05) is 44.2 Å². The van der Waals surface area contributed by atoms with E-state index in [9.17, 15) is 10.1 Å². The maximum atomic E-state index is 11.5. The number of pyridine rings is 1. The molecule has 2 aromatic heterocycles. The van der Waals surface area contributed by atoms with E-state index in [0.29, 0.717) is 11.3 Å². The van der Waals surface area contributed by atoms with E-state index in [1.165, 1.54) is 0 Å². The number of nitro groups is 1. The van der Waals surface area contributed by atoms with Crippen LogP contribution >= 0.6 is 0 Å². The van der Waals surface area contributed by atoms with Crippen LogP contribution in [0.25, 0.3) is 22.0 Å². The van der Waals surface area contributed by atoms with Crippen LogP contribution < -0.4 is 4.90 Å². The quantitative estimate of drug-likeness (QED) is 0.275. The van der Waals surface area contributed by atoms with Crippen LogP contribution in [-0.2, 0) is 0 Å². The molecule has 7 heteroatoms. The summed E-state index contributed by atoms with van der Waals surface area (Å²) in [6.07, 6.45) is 5.15. The number of oxazole rings is 1. The highest BCUT2D eigenvalue weighted by Crippen LogP contribution is 2.42. The molecule has 7 nitrogen and oxygen atoms in total. The van der Waals surface area contributed by atoms with Gasteiger partial charge in [0, 0.05) is 47.6 Å². The lowest BCUT2D eigenvalue weighted by Gasteiger charge is -2.26. The molecule has 0 spiro atoms. The molecule has 0 N–H and O–H groups in total. The van der Waals surface area contributed by atoms with E-state index in [1.807, 2.05) is 30.3 Å². The molecule has 0 radical (unpaired) electrons. The molecule has 0 aliphatic carbocycles. The van der Waals surface area contributed by atoms with E-state index in [-0.39, 0.29) is 22.6 Å². The monoisotopic (exact) mass is 428 g/mol. The van der Waals surface area contributed by atoms with E-state index in [0.717, 1.165) is 47.5 Å². The Morgan fingerprint density at radius 2 is 1.94 bits per heavy atom. The van der Waals surface area contributed by atoms with Gasteiger partial charge in [-0.3, -0.25) is 15.1 Å². The summed E-state index contributed by atoms with van der Waals surface area (Å²) in [4.78, 5) is 22.5. The molecule has 162 valence electrons. The highest BCUT2D eigenvalue weighted by atomic mass is 16.6. The van der Waals surface area contributed by atoms with Crippen LogP contribution in [0, 0.1) is 10.1 Å². The lowest BCUT2D eigenvalue weighted by atomic mass is 10.0. The second-order valence-corrected chi connectivity index (χ2v) is 8.42. The van der Waals surface area contributed by atoms with Crippen LogP contribution in [0.15, 0.2) is 65.3 Å². The maximum absolute atomic E-state index is 11.5. The number of nitrogens with zero attached hydrogens (tertiary/aromatic N) is 4. The second kappa shape index (κ2) is 8.07. The first-order valence-electron chi connectivity index (χ1n) is 10.9. The van der Waals surface area contributed by atoms with Crippen molar-refractivity contribution >= 4 is 22.1 Å². The highest BCUT2D eigenvalue weighted by Gasteiger charge is 2.33. The lowest BCUT2D eigenvalue weighted by Crippen LogP contribution is -2.23. The number of benzene rings is 2. The third-order valence-corrected chi connectivity index (χ3v) is 6.06. The van der Waals surface area contributed by atoms with Crippen molar-refractivity contribution in [2.75, 3.05) is 11.4 Å². The first-order valence-corrected chi connectivity index (χ1v) is 10.9. The van der Waals surface area contributed by atoms with E-state index < -0.39 is 0 Å². The topological polar surface area (TPSA) is 85.3 Å². The van der Waals surface area contributed by atoms with Crippen molar-refractivity contribution in [2.45, 2.75) is 38.6 Å². The third kappa shape index (κ3) is 3.39. The Morgan fingerprint density at radius 1 is 1.12 bits per heavy atom. The number of rotatable bonds is 5. The minimum Gasteiger partial charge on any atom is -0.442 e. The normalized spacial score (nSPS) is 16.2. The van der Waals surface area contributed by atoms with Gasteiger partial charge in [0.25, 0.3) is 5.69 Å². The van der Waals surface area contributed by atoms with E-state index in [1.54, 1.807) is 18.5 Å². The number of hydrogen-bond donors (Lipinski definition) is 0. The van der Waals surface area contributed by atoms with Crippen LogP contribution in [0.1, 0.15) is 50.3 Å². The summed E-state index contributed by atoms with van der Waals surface area (Å²) in [5.41, 5.74) is 2.95. The number of anilines is 1. The highest BCUT2D eigenvalue weighted by molar-refractivity contribution is 5.99. The van der Waals surface area contributed by atoms with Gasteiger partial charge in [0.05, 0.1) is 10.3 Å². The minimum atomic E-state index is -0.357. The van der Waals surface area contributed by atoms with Crippen molar-refractivity contribution in [1.82, 2.24) is 9.97 Å². The van der Waals surface area contributed by atoms with Gasteiger partial charge in [-0.15, -0.1) is 0 Å². The van der Waals surface area contributed by atoms with Crippen molar-refractivity contribution in [1.29, 1.82) is 0 Å². The zero-order valence-corrected chi connectivity index (χ0v) is 18.1. The van der Waals surface area contributed by atoms with Crippen LogP contribution in [0.4, 0.5) is 11.4 Å². The average molecular weight is 428 g/mol. The van der Waals surface area contributed by atoms with Crippen molar-refractivity contribution in [3.05, 3.63) is 82.7 Å². The van der Waals surface area contributed by atoms with E-state index >= 15 is 0 Å². The molecule has 1 aliphatic rings. The smallest absolute Gasteiger partial charge is 0.278 e. The van der Waals surface area contributed by atoms with Gasteiger partial charge in [-0.05, 0) is 25.0 Å². The van der Waals surface area contributed by atoms with Crippen LogP contribution in [0.5, 0.6) is 0 Å². The van der Waals surface area contributed by atoms with Crippen LogP contribution in [0.3, 0.4) is 0 Å². The van der Waals surface area contributed by atoms with Crippen molar-refractivity contribution in [2.24, 2.45) is 0 Å². The van der Waals surface area contributed by atoms with Gasteiger partial charge in [0.1, 0.15) is 17.5 Å². The Labute approximate surface area is 185 Å². The molecule has 1 unspecified atom stereocenters. The Kier molecular flexibility index (Phi) is 5.09. The standard InChI is InChI=1S/C25H24N4O3/c1-16(2)24-23(17-7-4-3-5-8-17)27-25(32-24)22-9-6-14-28(22)20-10-11-21(29(30)31)19-15-26-13-12-18(19)20/h3-5,7-8,10-13,15-16,22H,6,9,14H2,1-2H3. The van der Waals surface area contributed by atoms with Gasteiger partial charge in [0.2, 0.25) is 5.89 Å². The lowest BCUT2D eigenvalue weighted by molar-refractivity contribution is -0.383. The third-order valence-electron chi connectivity index (χ3n) is 6.06. The summed E-state index contributed by atoms with van der Waals surface area (Å²) in [7, 11) is 0. The predicted octanol–water partition coefficient (Wildman–Crippen LogP) is 6.26. The molecule has 2 aromatic carbocycles. The number of fused-ring (bicyclic) bond motifs is 1. The zero-order chi connectivity index (χ0) is 22.2. The Hall–Kier alpha value is -3.74. The molecule has 1 saturated heterocycles. The van der Waals surface area contributed by atoms with Crippen LogP contribution in [0.2, 0.25) is 0 Å². The first kappa shape index (κ1) is 20.2. The fourth-order valence-electron chi connectivity index (χ4n) is 4.57. The molecule has 0 saturated carbocycles. The minimum absolute atomic E-state index is 0.0252. The molecule has 4 aromatic rings. The number of nitro benzene ring substituents is 1. The van der Waals surface area contributed by atoms with E-state index in [2.05, 4.69) is 35.9 Å².